The number of azo groups is 1. The van der Waals surface area contributed by atoms with Gasteiger partial charge in [-0.05, 0) is 18.4 Å². The Hall–Kier alpha value is -2.37. The summed E-state index contributed by atoms with van der Waals surface area (Å²) in [5.74, 6) is 0.508. The van der Waals surface area contributed by atoms with Gasteiger partial charge in [0.15, 0.2) is 5.69 Å². The number of nitrogens with two attached hydrogens (primary N) is 2. The van der Waals surface area contributed by atoms with Gasteiger partial charge in [-0.15, -0.1) is 0 Å². The van der Waals surface area contributed by atoms with Crippen molar-refractivity contribution in [1.82, 2.24) is 4.57 Å². The van der Waals surface area contributed by atoms with Crippen molar-refractivity contribution in [2.75, 3.05) is 0 Å². The van der Waals surface area contributed by atoms with Crippen LogP contribution in [0.3, 0.4) is 0 Å². The SMILES string of the molecule is CC(C)CCn1c(O)c(N=NC(N)=[NH2+])c2ccccc21. The van der Waals surface area contributed by atoms with Crippen LogP contribution in [0.1, 0.15) is 20.3 Å². The van der Waals surface area contributed by atoms with Crippen molar-refractivity contribution >= 4 is 22.5 Å². The highest BCUT2D eigenvalue weighted by molar-refractivity contribution is 5.95. The van der Waals surface area contributed by atoms with E-state index in [2.05, 4.69) is 24.1 Å². The molecule has 6 heteroatoms. The molecule has 0 saturated carbocycles. The first-order chi connectivity index (χ1) is 9.50. The van der Waals surface area contributed by atoms with Crippen molar-refractivity contribution in [2.45, 2.75) is 26.8 Å². The molecular formula is C14H20N5O+. The number of para-hydroxylation sites is 1. The molecule has 2 aromatic rings. The van der Waals surface area contributed by atoms with Crippen LogP contribution >= 0.6 is 0 Å². The minimum Gasteiger partial charge on any atom is -0.493 e. The van der Waals surface area contributed by atoms with E-state index in [0.717, 1.165) is 23.9 Å². The summed E-state index contributed by atoms with van der Waals surface area (Å²) in [6.45, 7) is 5.02. The van der Waals surface area contributed by atoms with Crippen molar-refractivity contribution in [3.05, 3.63) is 24.3 Å². The van der Waals surface area contributed by atoms with E-state index in [1.807, 2.05) is 28.8 Å². The molecule has 1 heterocycles. The number of aromatic hydroxyl groups is 1. The van der Waals surface area contributed by atoms with Crippen molar-refractivity contribution in [2.24, 2.45) is 21.9 Å². The first-order valence-electron chi connectivity index (χ1n) is 6.60. The van der Waals surface area contributed by atoms with E-state index >= 15 is 0 Å². The van der Waals surface area contributed by atoms with Crippen molar-refractivity contribution in [3.8, 4) is 5.88 Å². The number of fused-ring (bicyclic) bond motifs is 1. The quantitative estimate of drug-likeness (QED) is 0.447. The fourth-order valence-corrected chi connectivity index (χ4v) is 2.09. The van der Waals surface area contributed by atoms with E-state index in [4.69, 9.17) is 11.1 Å². The Morgan fingerprint density at radius 1 is 1.40 bits per heavy atom. The molecule has 0 aliphatic rings. The summed E-state index contributed by atoms with van der Waals surface area (Å²) >= 11 is 0. The van der Waals surface area contributed by atoms with Crippen LogP contribution < -0.4 is 11.1 Å². The molecule has 6 nitrogen and oxygen atoms in total. The molecule has 0 amide bonds. The molecule has 1 aromatic carbocycles. The lowest BCUT2D eigenvalue weighted by atomic mass is 10.1. The minimum absolute atomic E-state index is 0.0943. The maximum atomic E-state index is 10.4. The van der Waals surface area contributed by atoms with Gasteiger partial charge in [0, 0.05) is 17.0 Å². The fraction of sp³-hybridized carbons (Fsp3) is 0.357. The monoisotopic (exact) mass is 274 g/mol. The van der Waals surface area contributed by atoms with Crippen LogP contribution in [0, 0.1) is 5.92 Å². The minimum atomic E-state index is -0.136. The molecule has 0 fully saturated rings. The fourth-order valence-electron chi connectivity index (χ4n) is 2.09. The van der Waals surface area contributed by atoms with Gasteiger partial charge in [0.1, 0.15) is 0 Å². The molecule has 0 aliphatic heterocycles. The molecule has 0 spiro atoms. The number of rotatable bonds is 4. The predicted octanol–water partition coefficient (Wildman–Crippen LogP) is 1.55. The molecule has 1 aromatic heterocycles. The average molecular weight is 274 g/mol. The summed E-state index contributed by atoms with van der Waals surface area (Å²) in [6.07, 6.45) is 0.966. The van der Waals surface area contributed by atoms with Crippen LogP contribution in [0.15, 0.2) is 34.5 Å². The number of guanidine groups is 1. The molecule has 20 heavy (non-hydrogen) atoms. The van der Waals surface area contributed by atoms with Gasteiger partial charge in [0.25, 0.3) is 0 Å². The number of aromatic nitrogens is 1. The predicted molar refractivity (Wildman–Crippen MR) is 78.7 cm³/mol. The van der Waals surface area contributed by atoms with Gasteiger partial charge in [-0.1, -0.05) is 37.2 Å². The van der Waals surface area contributed by atoms with Gasteiger partial charge in [-0.25, -0.2) is 0 Å². The van der Waals surface area contributed by atoms with Gasteiger partial charge >= 0.3 is 5.96 Å². The molecule has 0 atom stereocenters. The van der Waals surface area contributed by atoms with Gasteiger partial charge in [0.05, 0.1) is 5.52 Å². The van der Waals surface area contributed by atoms with E-state index in [1.165, 1.54) is 0 Å². The van der Waals surface area contributed by atoms with Crippen LogP contribution in [0.5, 0.6) is 5.88 Å². The lowest BCUT2D eigenvalue weighted by Gasteiger charge is -2.08. The van der Waals surface area contributed by atoms with Crippen molar-refractivity contribution < 1.29 is 10.5 Å². The summed E-state index contributed by atoms with van der Waals surface area (Å²) in [6, 6.07) is 7.66. The number of benzene rings is 1. The van der Waals surface area contributed by atoms with Crippen LogP contribution in [0.4, 0.5) is 5.69 Å². The van der Waals surface area contributed by atoms with E-state index in [0.29, 0.717) is 11.6 Å². The molecule has 0 radical (unpaired) electrons. The Labute approximate surface area is 117 Å². The smallest absolute Gasteiger partial charge is 0.403 e. The van der Waals surface area contributed by atoms with Gasteiger partial charge in [-0.2, -0.15) is 0 Å². The molecule has 0 saturated heterocycles. The maximum absolute atomic E-state index is 10.4. The molecule has 0 aliphatic carbocycles. The van der Waals surface area contributed by atoms with Gasteiger partial charge in [-0.3, -0.25) is 11.1 Å². The topological polar surface area (TPSA) is 101 Å². The van der Waals surface area contributed by atoms with E-state index in [-0.39, 0.29) is 11.8 Å². The van der Waals surface area contributed by atoms with Crippen molar-refractivity contribution in [3.63, 3.8) is 0 Å². The molecule has 5 N–H and O–H groups in total. The normalized spacial score (nSPS) is 11.8. The second-order valence-corrected chi connectivity index (χ2v) is 5.15. The largest absolute Gasteiger partial charge is 0.493 e. The number of hydrogen-bond acceptors (Lipinski definition) is 2. The highest BCUT2D eigenvalue weighted by Gasteiger charge is 2.17. The Bertz CT molecular complexity index is 657. The summed E-state index contributed by atoms with van der Waals surface area (Å²) in [7, 11) is 0. The summed E-state index contributed by atoms with van der Waals surface area (Å²) in [4.78, 5) is 0. The van der Waals surface area contributed by atoms with Crippen molar-refractivity contribution in [1.29, 1.82) is 0 Å². The first kappa shape index (κ1) is 14.0. The second-order valence-electron chi connectivity index (χ2n) is 5.15. The summed E-state index contributed by atoms with van der Waals surface area (Å²) in [5, 5.41) is 24.1. The third-order valence-electron chi connectivity index (χ3n) is 3.11. The van der Waals surface area contributed by atoms with Gasteiger partial charge in [0.2, 0.25) is 5.88 Å². The van der Waals surface area contributed by atoms with Crippen LogP contribution in [-0.4, -0.2) is 15.6 Å². The summed E-state index contributed by atoms with van der Waals surface area (Å²) < 4.78 is 1.84. The van der Waals surface area contributed by atoms with Crippen LogP contribution in [0.2, 0.25) is 0 Å². The number of nitrogens with zero attached hydrogens (tertiary/aromatic N) is 3. The lowest BCUT2D eigenvalue weighted by molar-refractivity contribution is -0.117. The third kappa shape index (κ3) is 2.79. The standard InChI is InChI=1S/C14H19N5O/c1-9(2)7-8-19-11-6-4-3-5-10(11)12(13(19)20)17-18-14(15)16/h3-6,9,20H,7-8H2,1-2H3,(H3,15,16)/p+1. The molecule has 0 unspecified atom stereocenters. The lowest BCUT2D eigenvalue weighted by Crippen LogP contribution is -2.43. The molecule has 0 bridgehead atoms. The molecule has 106 valence electrons. The van der Waals surface area contributed by atoms with E-state index in [9.17, 15) is 5.11 Å². The zero-order chi connectivity index (χ0) is 14.7. The highest BCUT2D eigenvalue weighted by Crippen LogP contribution is 2.38. The first-order valence-corrected chi connectivity index (χ1v) is 6.60. The highest BCUT2D eigenvalue weighted by atomic mass is 16.3. The molecular weight excluding hydrogens is 254 g/mol. The molecule has 2 rings (SSSR count). The Balaban J connectivity index is 2.52. The third-order valence-corrected chi connectivity index (χ3v) is 3.11. The maximum Gasteiger partial charge on any atom is 0.403 e. The number of hydrogen-bond donors (Lipinski definition) is 3. The average Bonchev–Trinajstić information content (AvgIpc) is 2.66. The van der Waals surface area contributed by atoms with E-state index in [1.54, 1.807) is 0 Å². The second kappa shape index (κ2) is 5.73. The summed E-state index contributed by atoms with van der Waals surface area (Å²) in [5.41, 5.74) is 6.61. The Morgan fingerprint density at radius 3 is 2.75 bits per heavy atom. The number of aryl methyl sites for hydroxylation is 1. The zero-order valence-electron chi connectivity index (χ0n) is 11.7. The van der Waals surface area contributed by atoms with E-state index < -0.39 is 0 Å². The van der Waals surface area contributed by atoms with Gasteiger partial charge < -0.3 is 9.67 Å². The zero-order valence-corrected chi connectivity index (χ0v) is 11.7. The van der Waals surface area contributed by atoms with Crippen LogP contribution in [-0.2, 0) is 6.54 Å². The van der Waals surface area contributed by atoms with Crippen LogP contribution in [0.25, 0.3) is 10.9 Å². The Morgan fingerprint density at radius 2 is 2.10 bits per heavy atom. The Kier molecular flexibility index (Phi) is 4.02.